The molecule has 0 aromatic heterocycles. The normalized spacial score (nSPS) is 15.6. The van der Waals surface area contributed by atoms with E-state index in [0.717, 1.165) is 54.5 Å². The van der Waals surface area contributed by atoms with Crippen LogP contribution < -0.4 is 20.1 Å². The predicted molar refractivity (Wildman–Crippen MR) is 98.4 cm³/mol. The zero-order valence-corrected chi connectivity index (χ0v) is 15.9. The Hall–Kier alpha value is -0.780. The van der Waals surface area contributed by atoms with Gasteiger partial charge in [-0.1, -0.05) is 22.9 Å². The average Bonchev–Trinajstić information content (AvgIpc) is 2.57. The first-order valence-electron chi connectivity index (χ1n) is 8.74. The maximum absolute atomic E-state index is 5.79. The summed E-state index contributed by atoms with van der Waals surface area (Å²) in [5, 5.41) is 7.00. The summed E-state index contributed by atoms with van der Waals surface area (Å²) in [6, 6.07) is 4.12. The molecule has 0 unspecified atom stereocenters. The fourth-order valence-corrected chi connectivity index (χ4v) is 3.27. The molecule has 1 fully saturated rings. The van der Waals surface area contributed by atoms with Gasteiger partial charge in [0.15, 0.2) is 11.5 Å². The molecule has 1 heterocycles. The van der Waals surface area contributed by atoms with Gasteiger partial charge in [0.05, 0.1) is 13.2 Å². The Balaban J connectivity index is 1.95. The van der Waals surface area contributed by atoms with Gasteiger partial charge in [0.1, 0.15) is 0 Å². The van der Waals surface area contributed by atoms with Crippen LogP contribution in [-0.2, 0) is 6.54 Å². The van der Waals surface area contributed by atoms with Crippen LogP contribution in [0.5, 0.6) is 11.5 Å². The van der Waals surface area contributed by atoms with Crippen LogP contribution in [0, 0.1) is 5.92 Å². The molecule has 130 valence electrons. The van der Waals surface area contributed by atoms with E-state index in [9.17, 15) is 0 Å². The zero-order chi connectivity index (χ0) is 16.5. The fraction of sp³-hybridized carbons (Fsp3) is 0.667. The summed E-state index contributed by atoms with van der Waals surface area (Å²) in [4.78, 5) is 0. The first-order valence-corrected chi connectivity index (χ1v) is 9.53. The number of halogens is 1. The van der Waals surface area contributed by atoms with Crippen molar-refractivity contribution in [3.63, 3.8) is 0 Å². The van der Waals surface area contributed by atoms with Crippen molar-refractivity contribution < 1.29 is 9.47 Å². The summed E-state index contributed by atoms with van der Waals surface area (Å²) in [5.41, 5.74) is 1.21. The lowest BCUT2D eigenvalue weighted by molar-refractivity contribution is 0.276. The van der Waals surface area contributed by atoms with Gasteiger partial charge in [-0.25, -0.2) is 0 Å². The Labute approximate surface area is 148 Å². The summed E-state index contributed by atoms with van der Waals surface area (Å²) in [6.07, 6.45) is 3.52. The molecular formula is C18H29BrN2O2. The SMILES string of the molecule is CCCOc1cc(Br)c(CNCC2CCNCC2)cc1OCC. The number of benzene rings is 1. The molecular weight excluding hydrogens is 356 g/mol. The molecule has 4 nitrogen and oxygen atoms in total. The van der Waals surface area contributed by atoms with Crippen LogP contribution in [0.4, 0.5) is 0 Å². The second kappa shape index (κ2) is 10.2. The van der Waals surface area contributed by atoms with Crippen molar-refractivity contribution in [2.45, 2.75) is 39.7 Å². The molecule has 0 amide bonds. The molecule has 1 aliphatic rings. The summed E-state index contributed by atoms with van der Waals surface area (Å²) >= 11 is 3.66. The van der Waals surface area contributed by atoms with Gasteiger partial charge in [0.25, 0.3) is 0 Å². The van der Waals surface area contributed by atoms with Gasteiger partial charge in [-0.2, -0.15) is 0 Å². The summed E-state index contributed by atoms with van der Waals surface area (Å²) in [5.74, 6) is 2.44. The number of nitrogens with one attached hydrogen (secondary N) is 2. The van der Waals surface area contributed by atoms with Crippen molar-refractivity contribution in [3.8, 4) is 11.5 Å². The monoisotopic (exact) mass is 384 g/mol. The molecule has 1 aromatic rings. The summed E-state index contributed by atoms with van der Waals surface area (Å²) in [7, 11) is 0. The highest BCUT2D eigenvalue weighted by Crippen LogP contribution is 2.34. The van der Waals surface area contributed by atoms with Gasteiger partial charge < -0.3 is 20.1 Å². The Kier molecular flexibility index (Phi) is 8.20. The highest BCUT2D eigenvalue weighted by molar-refractivity contribution is 9.10. The quantitative estimate of drug-likeness (QED) is 0.680. The van der Waals surface area contributed by atoms with Crippen LogP contribution in [0.2, 0.25) is 0 Å². The van der Waals surface area contributed by atoms with Crippen molar-refractivity contribution in [2.24, 2.45) is 5.92 Å². The molecule has 23 heavy (non-hydrogen) atoms. The van der Waals surface area contributed by atoms with Crippen molar-refractivity contribution in [1.29, 1.82) is 0 Å². The van der Waals surface area contributed by atoms with Gasteiger partial charge >= 0.3 is 0 Å². The van der Waals surface area contributed by atoms with Gasteiger partial charge in [-0.05, 0) is 69.4 Å². The lowest BCUT2D eigenvalue weighted by atomic mass is 9.98. The predicted octanol–water partition coefficient (Wildman–Crippen LogP) is 3.73. The van der Waals surface area contributed by atoms with Crippen LogP contribution in [0.3, 0.4) is 0 Å². The van der Waals surface area contributed by atoms with Crippen molar-refractivity contribution in [2.75, 3.05) is 32.8 Å². The molecule has 0 radical (unpaired) electrons. The Morgan fingerprint density at radius 2 is 1.91 bits per heavy atom. The molecule has 2 rings (SSSR count). The third-order valence-electron chi connectivity index (χ3n) is 4.08. The second-order valence-electron chi connectivity index (χ2n) is 6.00. The zero-order valence-electron chi connectivity index (χ0n) is 14.3. The van der Waals surface area contributed by atoms with Crippen LogP contribution in [0.1, 0.15) is 38.7 Å². The van der Waals surface area contributed by atoms with Crippen LogP contribution in [0.25, 0.3) is 0 Å². The van der Waals surface area contributed by atoms with E-state index in [4.69, 9.17) is 9.47 Å². The highest BCUT2D eigenvalue weighted by atomic mass is 79.9. The minimum absolute atomic E-state index is 0.645. The molecule has 5 heteroatoms. The molecule has 2 N–H and O–H groups in total. The third-order valence-corrected chi connectivity index (χ3v) is 4.82. The van der Waals surface area contributed by atoms with Crippen LogP contribution in [-0.4, -0.2) is 32.8 Å². The van der Waals surface area contributed by atoms with Crippen molar-refractivity contribution >= 4 is 15.9 Å². The van der Waals surface area contributed by atoms with E-state index in [2.05, 4.69) is 39.6 Å². The first kappa shape index (κ1) is 18.6. The van der Waals surface area contributed by atoms with E-state index >= 15 is 0 Å². The highest BCUT2D eigenvalue weighted by Gasteiger charge is 2.14. The number of rotatable bonds is 9. The number of piperidine rings is 1. The molecule has 1 aliphatic heterocycles. The minimum atomic E-state index is 0.645. The molecule has 0 aliphatic carbocycles. The fourth-order valence-electron chi connectivity index (χ4n) is 2.80. The van der Waals surface area contributed by atoms with Crippen LogP contribution in [0.15, 0.2) is 16.6 Å². The topological polar surface area (TPSA) is 42.5 Å². The molecule has 0 atom stereocenters. The average molecular weight is 385 g/mol. The summed E-state index contributed by atoms with van der Waals surface area (Å²) < 4.78 is 12.6. The van der Waals surface area contributed by atoms with Crippen molar-refractivity contribution in [1.82, 2.24) is 10.6 Å². The number of hydrogen-bond acceptors (Lipinski definition) is 4. The number of hydrogen-bond donors (Lipinski definition) is 2. The van der Waals surface area contributed by atoms with Crippen molar-refractivity contribution in [3.05, 3.63) is 22.2 Å². The van der Waals surface area contributed by atoms with E-state index in [1.807, 2.05) is 13.0 Å². The lowest BCUT2D eigenvalue weighted by Crippen LogP contribution is -2.33. The number of ether oxygens (including phenoxy) is 2. The Morgan fingerprint density at radius 3 is 2.61 bits per heavy atom. The van der Waals surface area contributed by atoms with Gasteiger partial charge in [-0.3, -0.25) is 0 Å². The van der Waals surface area contributed by atoms with Gasteiger partial charge in [0, 0.05) is 11.0 Å². The van der Waals surface area contributed by atoms with E-state index in [1.54, 1.807) is 0 Å². The first-order chi connectivity index (χ1) is 11.2. The second-order valence-corrected chi connectivity index (χ2v) is 6.85. The largest absolute Gasteiger partial charge is 0.490 e. The van der Waals surface area contributed by atoms with E-state index < -0.39 is 0 Å². The van der Waals surface area contributed by atoms with Crippen LogP contribution >= 0.6 is 15.9 Å². The van der Waals surface area contributed by atoms with Gasteiger partial charge in [0.2, 0.25) is 0 Å². The standard InChI is InChI=1S/C18H29BrN2O2/c1-3-9-23-18-11-16(19)15(10-17(18)22-4-2)13-21-12-14-5-7-20-8-6-14/h10-11,14,20-21H,3-9,12-13H2,1-2H3. The maximum Gasteiger partial charge on any atom is 0.162 e. The third kappa shape index (κ3) is 5.98. The Bertz CT molecular complexity index is 476. The smallest absolute Gasteiger partial charge is 0.162 e. The molecule has 1 aromatic carbocycles. The maximum atomic E-state index is 5.79. The minimum Gasteiger partial charge on any atom is -0.490 e. The van der Waals surface area contributed by atoms with E-state index in [-0.39, 0.29) is 0 Å². The van der Waals surface area contributed by atoms with E-state index in [1.165, 1.54) is 18.4 Å². The Morgan fingerprint density at radius 1 is 1.17 bits per heavy atom. The van der Waals surface area contributed by atoms with E-state index in [0.29, 0.717) is 13.2 Å². The molecule has 1 saturated heterocycles. The molecule has 0 saturated carbocycles. The van der Waals surface area contributed by atoms with Gasteiger partial charge in [-0.15, -0.1) is 0 Å². The lowest BCUT2D eigenvalue weighted by Gasteiger charge is -2.23. The molecule has 0 bridgehead atoms. The summed E-state index contributed by atoms with van der Waals surface area (Å²) in [6.45, 7) is 9.67. The molecule has 0 spiro atoms.